The third kappa shape index (κ3) is 4.10. The molecule has 102 valence electrons. The highest BCUT2D eigenvalue weighted by molar-refractivity contribution is 5.41. The van der Waals surface area contributed by atoms with E-state index >= 15 is 0 Å². The zero-order valence-corrected chi connectivity index (χ0v) is 11.7. The standard InChI is InChI=1S/C12H22FN5/c1-8(2)10(7-18(4)5)16-11-9(13)6-15-12(14-3)17-11/h6,8,10H,7H2,1-5H3,(H2,14,15,16,17). The van der Waals surface area contributed by atoms with Gasteiger partial charge in [0, 0.05) is 19.6 Å². The summed E-state index contributed by atoms with van der Waals surface area (Å²) in [6, 6.07) is 0.133. The molecular weight excluding hydrogens is 233 g/mol. The van der Waals surface area contributed by atoms with Crippen LogP contribution in [0.15, 0.2) is 6.20 Å². The van der Waals surface area contributed by atoms with Gasteiger partial charge in [-0.2, -0.15) is 4.98 Å². The van der Waals surface area contributed by atoms with Gasteiger partial charge in [0.05, 0.1) is 6.20 Å². The number of nitrogens with one attached hydrogen (secondary N) is 2. The quantitative estimate of drug-likeness (QED) is 0.809. The van der Waals surface area contributed by atoms with Gasteiger partial charge in [-0.1, -0.05) is 13.8 Å². The molecule has 0 amide bonds. The maximum Gasteiger partial charge on any atom is 0.224 e. The molecule has 0 aromatic carbocycles. The Morgan fingerprint density at radius 1 is 1.39 bits per heavy atom. The van der Waals surface area contributed by atoms with Crippen LogP contribution in [0.1, 0.15) is 13.8 Å². The van der Waals surface area contributed by atoms with Crippen molar-refractivity contribution in [2.75, 3.05) is 38.3 Å². The Labute approximate surface area is 108 Å². The van der Waals surface area contributed by atoms with E-state index < -0.39 is 5.82 Å². The van der Waals surface area contributed by atoms with Crippen molar-refractivity contribution in [2.24, 2.45) is 5.92 Å². The first-order chi connectivity index (χ1) is 8.43. The van der Waals surface area contributed by atoms with Gasteiger partial charge in [0.25, 0.3) is 0 Å². The van der Waals surface area contributed by atoms with Crippen LogP contribution >= 0.6 is 0 Å². The molecule has 0 saturated heterocycles. The summed E-state index contributed by atoms with van der Waals surface area (Å²) in [5, 5.41) is 5.94. The molecule has 0 spiro atoms. The predicted octanol–water partition coefficient (Wildman–Crippen LogP) is 1.66. The van der Waals surface area contributed by atoms with Gasteiger partial charge in [0.1, 0.15) is 0 Å². The highest BCUT2D eigenvalue weighted by Crippen LogP contribution is 2.16. The van der Waals surface area contributed by atoms with Crippen LogP contribution in [0, 0.1) is 11.7 Å². The second-order valence-electron chi connectivity index (χ2n) is 4.90. The smallest absolute Gasteiger partial charge is 0.224 e. The van der Waals surface area contributed by atoms with Gasteiger partial charge in [0.2, 0.25) is 5.95 Å². The summed E-state index contributed by atoms with van der Waals surface area (Å²) in [5.41, 5.74) is 0. The number of halogens is 1. The third-order valence-corrected chi connectivity index (χ3v) is 2.66. The number of hydrogen-bond acceptors (Lipinski definition) is 5. The topological polar surface area (TPSA) is 53.1 Å². The van der Waals surface area contributed by atoms with Crippen LogP contribution in [0.25, 0.3) is 0 Å². The van der Waals surface area contributed by atoms with E-state index in [1.54, 1.807) is 7.05 Å². The van der Waals surface area contributed by atoms with Crippen molar-refractivity contribution in [2.45, 2.75) is 19.9 Å². The fourth-order valence-corrected chi connectivity index (χ4v) is 1.58. The molecule has 0 aliphatic rings. The van der Waals surface area contributed by atoms with Crippen molar-refractivity contribution in [1.29, 1.82) is 0 Å². The summed E-state index contributed by atoms with van der Waals surface area (Å²) < 4.78 is 13.6. The molecule has 5 nitrogen and oxygen atoms in total. The lowest BCUT2D eigenvalue weighted by atomic mass is 10.0. The summed E-state index contributed by atoms with van der Waals surface area (Å²) in [6.07, 6.45) is 1.17. The molecule has 0 fully saturated rings. The number of aromatic nitrogens is 2. The minimum Gasteiger partial charge on any atom is -0.363 e. The highest BCUT2D eigenvalue weighted by atomic mass is 19.1. The van der Waals surface area contributed by atoms with Crippen LogP contribution < -0.4 is 10.6 Å². The average molecular weight is 255 g/mol. The van der Waals surface area contributed by atoms with E-state index in [0.717, 1.165) is 6.54 Å². The van der Waals surface area contributed by atoms with E-state index in [-0.39, 0.29) is 11.9 Å². The Morgan fingerprint density at radius 2 is 2.06 bits per heavy atom. The molecule has 2 N–H and O–H groups in total. The van der Waals surface area contributed by atoms with Crippen molar-refractivity contribution in [3.63, 3.8) is 0 Å². The van der Waals surface area contributed by atoms with Crippen LogP contribution in [0.3, 0.4) is 0 Å². The van der Waals surface area contributed by atoms with E-state index in [4.69, 9.17) is 0 Å². The van der Waals surface area contributed by atoms with E-state index in [1.807, 2.05) is 14.1 Å². The molecule has 1 heterocycles. The van der Waals surface area contributed by atoms with Gasteiger partial charge in [-0.25, -0.2) is 9.37 Å². The molecule has 1 aromatic heterocycles. The monoisotopic (exact) mass is 255 g/mol. The van der Waals surface area contributed by atoms with Gasteiger partial charge in [-0.05, 0) is 20.0 Å². The summed E-state index contributed by atoms with van der Waals surface area (Å²) in [4.78, 5) is 9.98. The summed E-state index contributed by atoms with van der Waals surface area (Å²) >= 11 is 0. The van der Waals surface area contributed by atoms with Crippen molar-refractivity contribution >= 4 is 11.8 Å². The Kier molecular flexibility index (Phi) is 5.27. The second-order valence-corrected chi connectivity index (χ2v) is 4.90. The molecule has 1 atom stereocenters. The first-order valence-corrected chi connectivity index (χ1v) is 6.05. The van der Waals surface area contributed by atoms with Crippen molar-refractivity contribution in [3.05, 3.63) is 12.0 Å². The minimum absolute atomic E-state index is 0.133. The van der Waals surface area contributed by atoms with E-state index in [1.165, 1.54) is 6.20 Å². The Morgan fingerprint density at radius 3 is 2.56 bits per heavy atom. The maximum absolute atomic E-state index is 13.6. The van der Waals surface area contributed by atoms with Crippen LogP contribution in [-0.4, -0.2) is 48.6 Å². The summed E-state index contributed by atoms with van der Waals surface area (Å²) in [5.74, 6) is 0.597. The van der Waals surface area contributed by atoms with Gasteiger partial charge in [-0.3, -0.25) is 0 Å². The van der Waals surface area contributed by atoms with Gasteiger partial charge >= 0.3 is 0 Å². The van der Waals surface area contributed by atoms with Crippen molar-refractivity contribution in [1.82, 2.24) is 14.9 Å². The fourth-order valence-electron chi connectivity index (χ4n) is 1.58. The lowest BCUT2D eigenvalue weighted by Crippen LogP contribution is -2.37. The fraction of sp³-hybridized carbons (Fsp3) is 0.667. The maximum atomic E-state index is 13.6. The lowest BCUT2D eigenvalue weighted by Gasteiger charge is -2.26. The third-order valence-electron chi connectivity index (χ3n) is 2.66. The number of rotatable bonds is 6. The first kappa shape index (κ1) is 14.6. The van der Waals surface area contributed by atoms with Gasteiger partial charge in [-0.15, -0.1) is 0 Å². The molecule has 0 radical (unpaired) electrons. The number of hydrogen-bond donors (Lipinski definition) is 2. The number of nitrogens with zero attached hydrogens (tertiary/aromatic N) is 3. The molecule has 18 heavy (non-hydrogen) atoms. The van der Waals surface area contributed by atoms with Crippen molar-refractivity contribution < 1.29 is 4.39 Å². The predicted molar refractivity (Wildman–Crippen MR) is 72.3 cm³/mol. The molecule has 0 saturated carbocycles. The number of anilines is 2. The number of likely N-dealkylation sites (N-methyl/N-ethyl adjacent to an activating group) is 1. The van der Waals surface area contributed by atoms with E-state index in [9.17, 15) is 4.39 Å². The first-order valence-electron chi connectivity index (χ1n) is 6.05. The molecule has 0 bridgehead atoms. The Hall–Kier alpha value is -1.43. The molecular formula is C12H22FN5. The van der Waals surface area contributed by atoms with E-state index in [0.29, 0.717) is 11.9 Å². The summed E-state index contributed by atoms with van der Waals surface area (Å²) in [6.45, 7) is 5.01. The highest BCUT2D eigenvalue weighted by Gasteiger charge is 2.17. The van der Waals surface area contributed by atoms with Gasteiger partial charge < -0.3 is 15.5 Å². The zero-order valence-electron chi connectivity index (χ0n) is 11.7. The second kappa shape index (κ2) is 6.49. The van der Waals surface area contributed by atoms with Crippen molar-refractivity contribution in [3.8, 4) is 0 Å². The SMILES string of the molecule is CNc1ncc(F)c(NC(CN(C)C)C(C)C)n1. The normalized spacial score (nSPS) is 12.9. The molecule has 0 aliphatic carbocycles. The molecule has 1 unspecified atom stereocenters. The largest absolute Gasteiger partial charge is 0.363 e. The molecule has 6 heteroatoms. The Bertz CT molecular complexity index is 381. The summed E-state index contributed by atoms with van der Waals surface area (Å²) in [7, 11) is 5.69. The van der Waals surface area contributed by atoms with E-state index in [2.05, 4.69) is 39.3 Å². The van der Waals surface area contributed by atoms with Crippen LogP contribution in [0.5, 0.6) is 0 Å². The lowest BCUT2D eigenvalue weighted by molar-refractivity contribution is 0.343. The minimum atomic E-state index is -0.432. The molecule has 1 aromatic rings. The van der Waals surface area contributed by atoms with Crippen LogP contribution in [0.4, 0.5) is 16.2 Å². The molecule has 0 aliphatic heterocycles. The van der Waals surface area contributed by atoms with Gasteiger partial charge in [0.15, 0.2) is 11.6 Å². The Balaban J connectivity index is 2.85. The zero-order chi connectivity index (χ0) is 13.7. The van der Waals surface area contributed by atoms with Crippen LogP contribution in [0.2, 0.25) is 0 Å². The van der Waals surface area contributed by atoms with Crippen LogP contribution in [-0.2, 0) is 0 Å². The molecule has 1 rings (SSSR count). The average Bonchev–Trinajstić information content (AvgIpc) is 2.30.